The molecule has 1 aliphatic rings. The molecular formula is C14H18FNO3. The van der Waals surface area contributed by atoms with E-state index in [4.69, 9.17) is 0 Å². The number of carbonyl (C=O) groups is 1. The zero-order valence-electron chi connectivity index (χ0n) is 10.7. The Kier molecular flexibility index (Phi) is 4.04. The standard InChI is InChI=1S/C14H18FNO3/c15-10-4-3-5-11(18)12(10)13(19)16-8-14(9-17)6-1-2-7-14/h3-5,17-18H,1-2,6-9H2,(H,16,19). The van der Waals surface area contributed by atoms with E-state index in [0.717, 1.165) is 31.7 Å². The third-order valence-electron chi connectivity index (χ3n) is 3.84. The van der Waals surface area contributed by atoms with Gasteiger partial charge in [0, 0.05) is 12.0 Å². The minimum absolute atomic E-state index is 0.0105. The molecule has 1 aromatic rings. The van der Waals surface area contributed by atoms with Crippen LogP contribution >= 0.6 is 0 Å². The summed E-state index contributed by atoms with van der Waals surface area (Å²) in [5.41, 5.74) is -0.634. The van der Waals surface area contributed by atoms with Crippen LogP contribution in [0, 0.1) is 11.2 Å². The Hall–Kier alpha value is -1.62. The van der Waals surface area contributed by atoms with Crippen molar-refractivity contribution in [3.63, 3.8) is 0 Å². The van der Waals surface area contributed by atoms with E-state index < -0.39 is 11.7 Å². The molecule has 0 aliphatic heterocycles. The minimum Gasteiger partial charge on any atom is -0.507 e. The lowest BCUT2D eigenvalue weighted by molar-refractivity contribution is 0.0874. The van der Waals surface area contributed by atoms with E-state index in [0.29, 0.717) is 6.54 Å². The number of aromatic hydroxyl groups is 1. The quantitative estimate of drug-likeness (QED) is 0.779. The molecule has 1 amide bonds. The van der Waals surface area contributed by atoms with E-state index in [1.165, 1.54) is 12.1 Å². The van der Waals surface area contributed by atoms with Gasteiger partial charge in [-0.3, -0.25) is 4.79 Å². The molecule has 2 rings (SSSR count). The van der Waals surface area contributed by atoms with Crippen molar-refractivity contribution in [3.8, 4) is 5.75 Å². The van der Waals surface area contributed by atoms with Crippen LogP contribution in [0.4, 0.5) is 4.39 Å². The molecule has 0 radical (unpaired) electrons. The van der Waals surface area contributed by atoms with Crippen LogP contribution in [0.1, 0.15) is 36.0 Å². The highest BCUT2D eigenvalue weighted by atomic mass is 19.1. The van der Waals surface area contributed by atoms with Crippen LogP contribution in [0.5, 0.6) is 5.75 Å². The number of carbonyl (C=O) groups excluding carboxylic acids is 1. The van der Waals surface area contributed by atoms with Gasteiger partial charge in [-0.05, 0) is 25.0 Å². The highest BCUT2D eigenvalue weighted by Gasteiger charge is 2.33. The fourth-order valence-electron chi connectivity index (χ4n) is 2.61. The van der Waals surface area contributed by atoms with Gasteiger partial charge in [0.05, 0.1) is 6.61 Å². The zero-order chi connectivity index (χ0) is 13.9. The maximum absolute atomic E-state index is 13.5. The summed E-state index contributed by atoms with van der Waals surface area (Å²) in [4.78, 5) is 11.9. The van der Waals surface area contributed by atoms with Crippen LogP contribution in [0.3, 0.4) is 0 Å². The smallest absolute Gasteiger partial charge is 0.258 e. The van der Waals surface area contributed by atoms with Gasteiger partial charge < -0.3 is 15.5 Å². The summed E-state index contributed by atoms with van der Waals surface area (Å²) in [5.74, 6) is -1.76. The molecule has 1 fully saturated rings. The summed E-state index contributed by atoms with van der Waals surface area (Å²) >= 11 is 0. The Bertz CT molecular complexity index is 450. The average molecular weight is 267 g/mol. The van der Waals surface area contributed by atoms with Gasteiger partial charge in [-0.1, -0.05) is 18.9 Å². The lowest BCUT2D eigenvalue weighted by atomic mass is 9.87. The van der Waals surface area contributed by atoms with Crippen molar-refractivity contribution in [3.05, 3.63) is 29.6 Å². The molecule has 0 spiro atoms. The van der Waals surface area contributed by atoms with Gasteiger partial charge in [-0.2, -0.15) is 0 Å². The summed E-state index contributed by atoms with van der Waals surface area (Å²) in [7, 11) is 0. The maximum Gasteiger partial charge on any atom is 0.258 e. The summed E-state index contributed by atoms with van der Waals surface area (Å²) in [6.07, 6.45) is 3.77. The number of halogens is 1. The molecule has 0 bridgehead atoms. The normalized spacial score (nSPS) is 17.4. The number of aliphatic hydroxyl groups is 1. The Labute approximate surface area is 111 Å². The lowest BCUT2D eigenvalue weighted by Crippen LogP contribution is -2.38. The van der Waals surface area contributed by atoms with Gasteiger partial charge in [-0.25, -0.2) is 4.39 Å². The van der Waals surface area contributed by atoms with Gasteiger partial charge in [0.2, 0.25) is 0 Å². The molecule has 1 saturated carbocycles. The number of aliphatic hydroxyl groups excluding tert-OH is 1. The Morgan fingerprint density at radius 1 is 1.37 bits per heavy atom. The number of phenolic OH excluding ortho intramolecular Hbond substituents is 1. The Morgan fingerprint density at radius 3 is 2.63 bits per heavy atom. The largest absolute Gasteiger partial charge is 0.507 e. The van der Waals surface area contributed by atoms with Gasteiger partial charge in [-0.15, -0.1) is 0 Å². The summed E-state index contributed by atoms with van der Waals surface area (Å²) < 4.78 is 13.5. The van der Waals surface area contributed by atoms with Gasteiger partial charge in [0.25, 0.3) is 5.91 Å². The first-order valence-electron chi connectivity index (χ1n) is 6.44. The van der Waals surface area contributed by atoms with Crippen molar-refractivity contribution in [1.29, 1.82) is 0 Å². The Balaban J connectivity index is 2.05. The van der Waals surface area contributed by atoms with Gasteiger partial charge in [0.1, 0.15) is 17.1 Å². The molecule has 5 heteroatoms. The van der Waals surface area contributed by atoms with Crippen molar-refractivity contribution in [2.45, 2.75) is 25.7 Å². The third-order valence-corrected chi connectivity index (χ3v) is 3.84. The van der Waals surface area contributed by atoms with Crippen molar-refractivity contribution in [2.75, 3.05) is 13.2 Å². The number of rotatable bonds is 4. The first kappa shape index (κ1) is 13.8. The molecule has 19 heavy (non-hydrogen) atoms. The van der Waals surface area contributed by atoms with Crippen LogP contribution in [0.2, 0.25) is 0 Å². The number of nitrogens with one attached hydrogen (secondary N) is 1. The predicted octanol–water partition coefficient (Wildman–Crippen LogP) is 1.81. The summed E-state index contributed by atoms with van der Waals surface area (Å²) in [6, 6.07) is 3.75. The number of amides is 1. The fraction of sp³-hybridized carbons (Fsp3) is 0.500. The van der Waals surface area contributed by atoms with E-state index in [-0.39, 0.29) is 23.3 Å². The number of phenols is 1. The topological polar surface area (TPSA) is 69.6 Å². The molecule has 0 unspecified atom stereocenters. The van der Waals surface area contributed by atoms with Crippen molar-refractivity contribution < 1.29 is 19.4 Å². The molecule has 3 N–H and O–H groups in total. The molecule has 4 nitrogen and oxygen atoms in total. The fourth-order valence-corrected chi connectivity index (χ4v) is 2.61. The third kappa shape index (κ3) is 2.87. The first-order chi connectivity index (χ1) is 9.08. The first-order valence-corrected chi connectivity index (χ1v) is 6.44. The van der Waals surface area contributed by atoms with Crippen LogP contribution in [-0.2, 0) is 0 Å². The second-order valence-corrected chi connectivity index (χ2v) is 5.18. The monoisotopic (exact) mass is 267 g/mol. The molecule has 0 saturated heterocycles. The maximum atomic E-state index is 13.5. The SMILES string of the molecule is O=C(NCC1(CO)CCCC1)c1c(O)cccc1F. The molecule has 0 aromatic heterocycles. The Morgan fingerprint density at radius 2 is 2.05 bits per heavy atom. The van der Waals surface area contributed by atoms with Crippen molar-refractivity contribution >= 4 is 5.91 Å². The predicted molar refractivity (Wildman–Crippen MR) is 68.4 cm³/mol. The van der Waals surface area contributed by atoms with E-state index in [1.807, 2.05) is 0 Å². The van der Waals surface area contributed by atoms with Crippen molar-refractivity contribution in [1.82, 2.24) is 5.32 Å². The van der Waals surface area contributed by atoms with Gasteiger partial charge >= 0.3 is 0 Å². The lowest BCUT2D eigenvalue weighted by Gasteiger charge is -2.26. The highest BCUT2D eigenvalue weighted by Crippen LogP contribution is 2.37. The zero-order valence-corrected chi connectivity index (χ0v) is 10.7. The number of hydrogen-bond donors (Lipinski definition) is 3. The van der Waals surface area contributed by atoms with Gasteiger partial charge in [0.15, 0.2) is 0 Å². The molecular weight excluding hydrogens is 249 g/mol. The molecule has 1 aromatic carbocycles. The molecule has 1 aliphatic carbocycles. The second kappa shape index (κ2) is 5.57. The summed E-state index contributed by atoms with van der Waals surface area (Å²) in [5, 5.41) is 21.6. The molecule has 0 heterocycles. The van der Waals surface area contributed by atoms with Crippen LogP contribution in [0.15, 0.2) is 18.2 Å². The van der Waals surface area contributed by atoms with Crippen molar-refractivity contribution in [2.24, 2.45) is 5.41 Å². The minimum atomic E-state index is -0.748. The van der Waals surface area contributed by atoms with Crippen LogP contribution < -0.4 is 5.32 Å². The second-order valence-electron chi connectivity index (χ2n) is 5.18. The van der Waals surface area contributed by atoms with E-state index in [2.05, 4.69) is 5.32 Å². The molecule has 0 atom stereocenters. The van der Waals surface area contributed by atoms with E-state index in [1.54, 1.807) is 0 Å². The number of benzene rings is 1. The average Bonchev–Trinajstić information content (AvgIpc) is 2.86. The van der Waals surface area contributed by atoms with Crippen LogP contribution in [0.25, 0.3) is 0 Å². The van der Waals surface area contributed by atoms with E-state index >= 15 is 0 Å². The number of hydrogen-bond acceptors (Lipinski definition) is 3. The highest BCUT2D eigenvalue weighted by molar-refractivity contribution is 5.97. The summed E-state index contributed by atoms with van der Waals surface area (Å²) in [6.45, 7) is 0.312. The van der Waals surface area contributed by atoms with E-state index in [9.17, 15) is 19.4 Å². The van der Waals surface area contributed by atoms with Crippen LogP contribution in [-0.4, -0.2) is 29.3 Å². The molecule has 104 valence electrons.